The Labute approximate surface area is 51.5 Å². The highest BCUT2D eigenvalue weighted by atomic mass is 16.4. The van der Waals surface area contributed by atoms with Crippen molar-refractivity contribution in [3.63, 3.8) is 0 Å². The first kappa shape index (κ1) is 7.81. The van der Waals surface area contributed by atoms with Gasteiger partial charge >= 0.3 is 5.97 Å². The van der Waals surface area contributed by atoms with Gasteiger partial charge in [0.05, 0.1) is 0 Å². The minimum absolute atomic E-state index is 0.0127. The third-order valence-corrected chi connectivity index (χ3v) is 0.913. The van der Waals surface area contributed by atoms with Crippen molar-refractivity contribution in [1.29, 1.82) is 0 Å². The van der Waals surface area contributed by atoms with Crippen molar-refractivity contribution in [2.75, 3.05) is 0 Å². The fourth-order valence-corrected chi connectivity index (χ4v) is 0.224. The monoisotopic (exact) mass is 130 g/mol. The number of hydrogen-bond donors (Lipinski definition) is 1. The first-order valence-corrected chi connectivity index (χ1v) is 2.31. The predicted octanol–water partition coefficient (Wildman–Crippen LogP) is -0.525. The Balaban J connectivity index is 4.03. The molecule has 1 N–H and O–H groups in total. The summed E-state index contributed by atoms with van der Waals surface area (Å²) in [5, 5.41) is 8.10. The number of Topliss-reactive ketones (excluding diaryl/α,β-unsaturated/α-hetero) is 1. The van der Waals surface area contributed by atoms with E-state index in [1.807, 2.05) is 0 Å². The summed E-state index contributed by atoms with van der Waals surface area (Å²) in [5.74, 6) is -3.38. The molecule has 0 amide bonds. The van der Waals surface area contributed by atoms with Crippen LogP contribution in [0.2, 0.25) is 0 Å². The topological polar surface area (TPSA) is 71.4 Å². The number of hydrogen-bond acceptors (Lipinski definition) is 3. The predicted molar refractivity (Wildman–Crippen MR) is 27.9 cm³/mol. The number of carboxylic acids is 1. The fourth-order valence-electron chi connectivity index (χ4n) is 0.224. The van der Waals surface area contributed by atoms with Crippen LogP contribution in [0.3, 0.4) is 0 Å². The molecule has 0 saturated carbocycles. The zero-order valence-electron chi connectivity index (χ0n) is 4.83. The summed E-state index contributed by atoms with van der Waals surface area (Å²) < 4.78 is 0. The Bertz CT molecular complexity index is 149. The van der Waals surface area contributed by atoms with Gasteiger partial charge in [0.15, 0.2) is 6.29 Å². The molecule has 0 aromatic heterocycles. The highest BCUT2D eigenvalue weighted by molar-refractivity contribution is 6.30. The summed E-state index contributed by atoms with van der Waals surface area (Å²) in [4.78, 5) is 29.8. The van der Waals surface area contributed by atoms with Crippen molar-refractivity contribution in [2.24, 2.45) is 5.92 Å². The third kappa shape index (κ3) is 2.03. The molecule has 4 heteroatoms. The molecule has 0 spiro atoms. The lowest BCUT2D eigenvalue weighted by Gasteiger charge is -1.95. The van der Waals surface area contributed by atoms with Crippen molar-refractivity contribution >= 4 is 18.0 Å². The van der Waals surface area contributed by atoms with Crippen LogP contribution in [-0.2, 0) is 14.4 Å². The van der Waals surface area contributed by atoms with E-state index in [1.54, 1.807) is 0 Å². The lowest BCUT2D eigenvalue weighted by molar-refractivity contribution is -0.147. The molecular formula is C5H6O4. The molecule has 0 saturated heterocycles. The second kappa shape index (κ2) is 2.96. The molecule has 0 heterocycles. The molecule has 4 nitrogen and oxygen atoms in total. The maximum absolute atomic E-state index is 10.2. The average molecular weight is 130 g/mol. The fraction of sp³-hybridized carbons (Fsp3) is 0.400. The van der Waals surface area contributed by atoms with Crippen LogP contribution in [0, 0.1) is 5.92 Å². The first-order valence-electron chi connectivity index (χ1n) is 2.31. The van der Waals surface area contributed by atoms with E-state index in [-0.39, 0.29) is 6.29 Å². The van der Waals surface area contributed by atoms with Crippen LogP contribution in [0.4, 0.5) is 0 Å². The molecule has 0 bridgehead atoms. The van der Waals surface area contributed by atoms with Crippen LogP contribution >= 0.6 is 0 Å². The van der Waals surface area contributed by atoms with Gasteiger partial charge in [-0.3, -0.25) is 14.4 Å². The smallest absolute Gasteiger partial charge is 0.314 e. The van der Waals surface area contributed by atoms with Crippen LogP contribution < -0.4 is 0 Å². The Hall–Kier alpha value is -1.19. The molecule has 0 rings (SSSR count). The van der Waals surface area contributed by atoms with E-state index >= 15 is 0 Å². The van der Waals surface area contributed by atoms with Gasteiger partial charge in [0, 0.05) is 0 Å². The third-order valence-electron chi connectivity index (χ3n) is 0.913. The van der Waals surface area contributed by atoms with Crippen molar-refractivity contribution in [1.82, 2.24) is 0 Å². The van der Waals surface area contributed by atoms with E-state index in [1.165, 1.54) is 6.92 Å². The SMILES string of the molecule is CC(C(=O)O)C(=O)C=O. The molecule has 0 aliphatic carbocycles. The number of aliphatic carboxylic acids is 1. The minimum Gasteiger partial charge on any atom is -0.481 e. The van der Waals surface area contributed by atoms with Crippen LogP contribution in [0.25, 0.3) is 0 Å². The van der Waals surface area contributed by atoms with Crippen LogP contribution in [-0.4, -0.2) is 23.1 Å². The van der Waals surface area contributed by atoms with Crippen molar-refractivity contribution in [3.8, 4) is 0 Å². The number of ketones is 1. The minimum atomic E-state index is -1.27. The summed E-state index contributed by atoms with van der Waals surface area (Å²) >= 11 is 0. The average Bonchev–Trinajstić information content (AvgIpc) is 1.84. The normalized spacial score (nSPS) is 12.1. The molecule has 1 unspecified atom stereocenters. The maximum Gasteiger partial charge on any atom is 0.314 e. The van der Waals surface area contributed by atoms with E-state index < -0.39 is 17.7 Å². The molecule has 0 aliphatic rings. The van der Waals surface area contributed by atoms with Gasteiger partial charge in [-0.05, 0) is 6.92 Å². The number of aldehydes is 1. The molecule has 0 aromatic carbocycles. The van der Waals surface area contributed by atoms with E-state index in [2.05, 4.69) is 0 Å². The molecule has 9 heavy (non-hydrogen) atoms. The number of carbonyl (C=O) groups is 3. The van der Waals surface area contributed by atoms with Crippen molar-refractivity contribution in [3.05, 3.63) is 0 Å². The Kier molecular flexibility index (Phi) is 2.57. The van der Waals surface area contributed by atoms with E-state index in [0.29, 0.717) is 0 Å². The van der Waals surface area contributed by atoms with Crippen LogP contribution in [0.1, 0.15) is 6.92 Å². The highest BCUT2D eigenvalue weighted by Gasteiger charge is 2.18. The van der Waals surface area contributed by atoms with Crippen molar-refractivity contribution in [2.45, 2.75) is 6.92 Å². The largest absolute Gasteiger partial charge is 0.481 e. The Morgan fingerprint density at radius 2 is 2.00 bits per heavy atom. The molecule has 0 fully saturated rings. The van der Waals surface area contributed by atoms with Crippen LogP contribution in [0.5, 0.6) is 0 Å². The van der Waals surface area contributed by atoms with Gasteiger partial charge in [0.2, 0.25) is 5.78 Å². The zero-order valence-corrected chi connectivity index (χ0v) is 4.83. The molecule has 0 aromatic rings. The van der Waals surface area contributed by atoms with Gasteiger partial charge in [-0.1, -0.05) is 0 Å². The van der Waals surface area contributed by atoms with E-state index in [4.69, 9.17) is 5.11 Å². The van der Waals surface area contributed by atoms with Gasteiger partial charge in [-0.15, -0.1) is 0 Å². The van der Waals surface area contributed by atoms with Crippen LogP contribution in [0.15, 0.2) is 0 Å². The van der Waals surface area contributed by atoms with Gasteiger partial charge in [0.25, 0.3) is 0 Å². The first-order chi connectivity index (χ1) is 4.09. The maximum atomic E-state index is 10.2. The van der Waals surface area contributed by atoms with Gasteiger partial charge in [0.1, 0.15) is 5.92 Å². The molecule has 0 aliphatic heterocycles. The Morgan fingerprint density at radius 3 is 2.11 bits per heavy atom. The molecule has 0 radical (unpaired) electrons. The lowest BCUT2D eigenvalue weighted by atomic mass is 10.1. The standard InChI is InChI=1S/C5H6O4/c1-3(5(8)9)4(7)2-6/h2-3H,1H3,(H,8,9). The van der Waals surface area contributed by atoms with Gasteiger partial charge in [-0.2, -0.15) is 0 Å². The number of carbonyl (C=O) groups excluding carboxylic acids is 2. The van der Waals surface area contributed by atoms with E-state index in [9.17, 15) is 14.4 Å². The summed E-state index contributed by atoms with van der Waals surface area (Å²) in [5.41, 5.74) is 0. The molecule has 1 atom stereocenters. The molecule has 50 valence electrons. The lowest BCUT2D eigenvalue weighted by Crippen LogP contribution is -2.20. The van der Waals surface area contributed by atoms with Gasteiger partial charge < -0.3 is 5.11 Å². The molecular weight excluding hydrogens is 124 g/mol. The van der Waals surface area contributed by atoms with Gasteiger partial charge in [-0.25, -0.2) is 0 Å². The number of rotatable bonds is 3. The highest BCUT2D eigenvalue weighted by Crippen LogP contribution is 1.92. The second-order valence-corrected chi connectivity index (χ2v) is 1.58. The summed E-state index contributed by atoms with van der Waals surface area (Å²) in [6.45, 7) is 1.17. The zero-order chi connectivity index (χ0) is 7.44. The quantitative estimate of drug-likeness (QED) is 0.317. The summed E-state index contributed by atoms with van der Waals surface area (Å²) in [7, 11) is 0. The van der Waals surface area contributed by atoms with Crippen molar-refractivity contribution < 1.29 is 19.5 Å². The number of carboxylic acid groups (broad SMARTS) is 1. The van der Waals surface area contributed by atoms with E-state index in [0.717, 1.165) is 0 Å². The second-order valence-electron chi connectivity index (χ2n) is 1.58. The Morgan fingerprint density at radius 1 is 1.56 bits per heavy atom. The summed E-state index contributed by atoms with van der Waals surface area (Å²) in [6, 6.07) is 0. The summed E-state index contributed by atoms with van der Waals surface area (Å²) in [6.07, 6.45) is 0.0127.